The highest BCUT2D eigenvalue weighted by atomic mass is 32.2. The van der Waals surface area contributed by atoms with Gasteiger partial charge >= 0.3 is 0 Å². The molecule has 0 N–H and O–H groups in total. The Bertz CT molecular complexity index is 997. The van der Waals surface area contributed by atoms with Crippen LogP contribution >= 0.6 is 24.0 Å². The van der Waals surface area contributed by atoms with Gasteiger partial charge in [0.25, 0.3) is 5.91 Å². The number of thiocarbonyl (C=S) groups is 1. The van der Waals surface area contributed by atoms with Crippen molar-refractivity contribution in [2.24, 2.45) is 0 Å². The number of hydrogen-bond donors (Lipinski definition) is 0. The van der Waals surface area contributed by atoms with E-state index < -0.39 is 0 Å². The average molecular weight is 423 g/mol. The first kappa shape index (κ1) is 20.2. The van der Waals surface area contributed by atoms with E-state index in [1.54, 1.807) is 4.90 Å². The quantitative estimate of drug-likeness (QED) is 0.434. The zero-order valence-electron chi connectivity index (χ0n) is 17.3. The summed E-state index contributed by atoms with van der Waals surface area (Å²) in [7, 11) is 0. The van der Waals surface area contributed by atoms with Gasteiger partial charge in [-0.1, -0.05) is 55.2 Å². The summed E-state index contributed by atoms with van der Waals surface area (Å²) in [5, 5.41) is 0. The number of benzene rings is 2. The summed E-state index contributed by atoms with van der Waals surface area (Å²) in [5.41, 5.74) is 4.70. The molecule has 1 fully saturated rings. The molecule has 0 radical (unpaired) electrons. The largest absolute Gasteiger partial charge is 0.366 e. The third-order valence-corrected chi connectivity index (χ3v) is 7.13. The maximum absolute atomic E-state index is 13.0. The zero-order valence-corrected chi connectivity index (χ0v) is 18.9. The number of para-hydroxylation sites is 1. The van der Waals surface area contributed by atoms with E-state index in [0.717, 1.165) is 24.2 Å². The van der Waals surface area contributed by atoms with E-state index in [9.17, 15) is 4.79 Å². The monoisotopic (exact) mass is 422 g/mol. The fraction of sp³-hybridized carbons (Fsp3) is 0.333. The van der Waals surface area contributed by atoms with Gasteiger partial charge in [0.1, 0.15) is 0 Å². The van der Waals surface area contributed by atoms with E-state index in [2.05, 4.69) is 50.8 Å². The fourth-order valence-corrected chi connectivity index (χ4v) is 5.91. The highest BCUT2D eigenvalue weighted by Gasteiger charge is 2.36. The van der Waals surface area contributed by atoms with Crippen molar-refractivity contribution >= 4 is 51.7 Å². The van der Waals surface area contributed by atoms with Crippen LogP contribution in [0.15, 0.2) is 53.4 Å². The van der Waals surface area contributed by atoms with Crippen molar-refractivity contribution in [3.63, 3.8) is 0 Å². The molecule has 2 aromatic rings. The number of nitrogens with zero attached hydrogens (tertiary/aromatic N) is 2. The number of thioether (sulfide) groups is 1. The molecule has 150 valence electrons. The summed E-state index contributed by atoms with van der Waals surface area (Å²) < 4.78 is 0.581. The van der Waals surface area contributed by atoms with Crippen LogP contribution in [0.3, 0.4) is 0 Å². The van der Waals surface area contributed by atoms with Gasteiger partial charge < -0.3 is 4.90 Å². The molecule has 0 spiro atoms. The van der Waals surface area contributed by atoms with Crippen molar-refractivity contribution in [2.45, 2.75) is 45.6 Å². The van der Waals surface area contributed by atoms with Crippen molar-refractivity contribution < 1.29 is 4.79 Å². The van der Waals surface area contributed by atoms with Gasteiger partial charge in [-0.25, -0.2) is 0 Å². The lowest BCUT2D eigenvalue weighted by Crippen LogP contribution is -2.48. The lowest BCUT2D eigenvalue weighted by Gasteiger charge is -2.47. The summed E-state index contributed by atoms with van der Waals surface area (Å²) in [5.74, 6) is 0.434. The van der Waals surface area contributed by atoms with Gasteiger partial charge in [0.2, 0.25) is 0 Å². The van der Waals surface area contributed by atoms with Crippen LogP contribution in [-0.2, 0) is 4.79 Å². The Balaban J connectivity index is 1.67. The Morgan fingerprint density at radius 2 is 1.93 bits per heavy atom. The molecule has 1 atom stereocenters. The van der Waals surface area contributed by atoms with Gasteiger partial charge in [-0.05, 0) is 74.6 Å². The molecule has 3 nitrogen and oxygen atoms in total. The van der Waals surface area contributed by atoms with Crippen LogP contribution in [0.1, 0.15) is 51.2 Å². The summed E-state index contributed by atoms with van der Waals surface area (Å²) in [6.07, 6.45) is 3.10. The second-order valence-corrected chi connectivity index (χ2v) is 10.0. The van der Waals surface area contributed by atoms with Gasteiger partial charge in [-0.3, -0.25) is 9.69 Å². The molecule has 2 aromatic carbocycles. The number of anilines is 2. The third-order valence-electron chi connectivity index (χ3n) is 5.83. The second-order valence-electron chi connectivity index (χ2n) is 8.33. The molecule has 0 aromatic heterocycles. The topological polar surface area (TPSA) is 23.6 Å². The molecule has 0 aliphatic carbocycles. The van der Waals surface area contributed by atoms with E-state index in [1.807, 2.05) is 36.4 Å². The molecule has 0 bridgehead atoms. The average Bonchev–Trinajstić information content (AvgIpc) is 2.95. The van der Waals surface area contributed by atoms with Crippen molar-refractivity contribution in [1.82, 2.24) is 0 Å². The normalized spacial score (nSPS) is 22.3. The SMILES string of the molecule is CCN1c2ccc(/C=C3/SC(=S)N(c4ccccc4)C3=O)cc2C(C)CC1(C)C. The van der Waals surface area contributed by atoms with Gasteiger partial charge in [0.05, 0.1) is 10.6 Å². The first-order valence-corrected chi connectivity index (χ1v) is 11.3. The zero-order chi connectivity index (χ0) is 20.8. The molecule has 1 saturated heterocycles. The van der Waals surface area contributed by atoms with E-state index in [1.165, 1.54) is 23.0 Å². The number of amides is 1. The number of carbonyl (C=O) groups excluding carboxylic acids is 1. The summed E-state index contributed by atoms with van der Waals surface area (Å²) >= 11 is 6.86. The van der Waals surface area contributed by atoms with E-state index >= 15 is 0 Å². The van der Waals surface area contributed by atoms with Crippen molar-refractivity contribution in [3.05, 3.63) is 64.6 Å². The smallest absolute Gasteiger partial charge is 0.270 e. The lowest BCUT2D eigenvalue weighted by molar-refractivity contribution is -0.113. The minimum Gasteiger partial charge on any atom is -0.366 e. The number of hydrogen-bond acceptors (Lipinski definition) is 4. The van der Waals surface area contributed by atoms with Crippen LogP contribution in [0.2, 0.25) is 0 Å². The summed E-state index contributed by atoms with van der Waals surface area (Å²) in [6, 6.07) is 16.2. The van der Waals surface area contributed by atoms with Crippen molar-refractivity contribution in [1.29, 1.82) is 0 Å². The van der Waals surface area contributed by atoms with E-state index in [4.69, 9.17) is 12.2 Å². The Kier molecular flexibility index (Phi) is 5.30. The highest BCUT2D eigenvalue weighted by molar-refractivity contribution is 8.27. The second kappa shape index (κ2) is 7.62. The number of carbonyl (C=O) groups is 1. The molecule has 4 rings (SSSR count). The molecule has 2 heterocycles. The summed E-state index contributed by atoms with van der Waals surface area (Å²) in [6.45, 7) is 10.1. The first-order chi connectivity index (χ1) is 13.8. The molecule has 0 saturated carbocycles. The van der Waals surface area contributed by atoms with Crippen LogP contribution in [0.25, 0.3) is 6.08 Å². The van der Waals surface area contributed by atoms with Crippen molar-refractivity contribution in [2.75, 3.05) is 16.3 Å². The van der Waals surface area contributed by atoms with Gasteiger partial charge in [0.15, 0.2) is 4.32 Å². The predicted molar refractivity (Wildman–Crippen MR) is 129 cm³/mol. The highest BCUT2D eigenvalue weighted by Crippen LogP contribution is 2.44. The maximum Gasteiger partial charge on any atom is 0.270 e. The van der Waals surface area contributed by atoms with Crippen LogP contribution < -0.4 is 9.80 Å². The van der Waals surface area contributed by atoms with Gasteiger partial charge in [-0.15, -0.1) is 0 Å². The summed E-state index contributed by atoms with van der Waals surface area (Å²) in [4.78, 5) is 17.8. The van der Waals surface area contributed by atoms with E-state index in [-0.39, 0.29) is 11.4 Å². The van der Waals surface area contributed by atoms with Crippen LogP contribution in [0, 0.1) is 0 Å². The Labute approximate surface area is 182 Å². The Morgan fingerprint density at radius 3 is 2.62 bits per heavy atom. The maximum atomic E-state index is 13.0. The Morgan fingerprint density at radius 1 is 1.21 bits per heavy atom. The third kappa shape index (κ3) is 3.62. The molecule has 1 amide bonds. The molecular formula is C24H26N2OS2. The molecule has 1 unspecified atom stereocenters. The lowest BCUT2D eigenvalue weighted by atomic mass is 9.79. The first-order valence-electron chi connectivity index (χ1n) is 10.1. The fourth-order valence-electron chi connectivity index (χ4n) is 4.62. The van der Waals surface area contributed by atoms with Crippen LogP contribution in [-0.4, -0.2) is 22.3 Å². The molecule has 5 heteroatoms. The predicted octanol–water partition coefficient (Wildman–Crippen LogP) is 6.20. The van der Waals surface area contributed by atoms with Gasteiger partial charge in [-0.2, -0.15) is 0 Å². The standard InChI is InChI=1S/C24H26N2OS2/c1-5-25-20-12-11-17(13-19(20)16(2)15-24(25,3)4)14-21-22(27)26(23(28)29-21)18-9-7-6-8-10-18/h6-14,16H,5,15H2,1-4H3/b21-14+. The van der Waals surface area contributed by atoms with E-state index in [0.29, 0.717) is 15.1 Å². The van der Waals surface area contributed by atoms with Crippen molar-refractivity contribution in [3.8, 4) is 0 Å². The number of rotatable bonds is 3. The Hall–Kier alpha value is -2.11. The minimum absolute atomic E-state index is 0.0479. The van der Waals surface area contributed by atoms with Crippen LogP contribution in [0.4, 0.5) is 11.4 Å². The number of fused-ring (bicyclic) bond motifs is 1. The molecular weight excluding hydrogens is 396 g/mol. The molecule has 2 aliphatic rings. The minimum atomic E-state index is -0.0479. The van der Waals surface area contributed by atoms with Gasteiger partial charge in [0, 0.05) is 17.8 Å². The molecule has 2 aliphatic heterocycles. The van der Waals surface area contributed by atoms with Crippen LogP contribution in [0.5, 0.6) is 0 Å². The molecule has 29 heavy (non-hydrogen) atoms.